The number of hydrogen-bond donors (Lipinski definition) is 0. The van der Waals surface area contributed by atoms with Crippen molar-refractivity contribution in [3.05, 3.63) is 71.2 Å². The number of benzene rings is 2. The number of nitrogens with zero attached hydrogens (tertiary/aromatic N) is 2. The maximum absolute atomic E-state index is 13.9. The summed E-state index contributed by atoms with van der Waals surface area (Å²) in [6.07, 6.45) is 0. The summed E-state index contributed by atoms with van der Waals surface area (Å²) < 4.78 is 24.0. The number of carbonyl (C=O) groups is 1. The Labute approximate surface area is 151 Å². The van der Waals surface area contributed by atoms with Crippen LogP contribution in [-0.4, -0.2) is 30.1 Å². The Morgan fingerprint density at radius 3 is 2.62 bits per heavy atom. The van der Waals surface area contributed by atoms with Crippen LogP contribution in [0.1, 0.15) is 21.7 Å². The Balaban J connectivity index is 1.86. The van der Waals surface area contributed by atoms with Crippen LogP contribution in [0.4, 0.5) is 4.39 Å². The summed E-state index contributed by atoms with van der Waals surface area (Å²) in [5.74, 6) is -0.0820. The van der Waals surface area contributed by atoms with Crippen molar-refractivity contribution >= 4 is 5.91 Å². The van der Waals surface area contributed by atoms with Crippen LogP contribution in [0.2, 0.25) is 0 Å². The van der Waals surface area contributed by atoms with Crippen molar-refractivity contribution in [3.63, 3.8) is 0 Å². The average Bonchev–Trinajstić information content (AvgIpc) is 3.03. The third-order valence-corrected chi connectivity index (χ3v) is 4.11. The van der Waals surface area contributed by atoms with E-state index >= 15 is 0 Å². The quantitative estimate of drug-likeness (QED) is 0.693. The zero-order chi connectivity index (χ0) is 18.7. The van der Waals surface area contributed by atoms with Gasteiger partial charge in [-0.1, -0.05) is 41.6 Å². The van der Waals surface area contributed by atoms with E-state index in [9.17, 15) is 9.18 Å². The van der Waals surface area contributed by atoms with E-state index in [1.165, 1.54) is 18.1 Å². The van der Waals surface area contributed by atoms with Gasteiger partial charge in [-0.2, -0.15) is 0 Å². The Hall–Kier alpha value is -3.15. The molecule has 5 nitrogen and oxygen atoms in total. The van der Waals surface area contributed by atoms with E-state index in [2.05, 4.69) is 5.16 Å². The number of methoxy groups -OCH3 is 1. The van der Waals surface area contributed by atoms with Gasteiger partial charge in [0.15, 0.2) is 11.6 Å². The first-order valence-corrected chi connectivity index (χ1v) is 8.11. The van der Waals surface area contributed by atoms with E-state index in [0.717, 1.165) is 5.56 Å². The molecule has 0 aliphatic rings. The Morgan fingerprint density at radius 1 is 1.23 bits per heavy atom. The largest absolute Gasteiger partial charge is 0.494 e. The number of aryl methyl sites for hydroxylation is 1. The van der Waals surface area contributed by atoms with Gasteiger partial charge in [0.25, 0.3) is 5.91 Å². The highest BCUT2D eigenvalue weighted by atomic mass is 19.1. The van der Waals surface area contributed by atoms with Crippen LogP contribution >= 0.6 is 0 Å². The average molecular weight is 354 g/mol. The maximum atomic E-state index is 13.9. The van der Waals surface area contributed by atoms with Gasteiger partial charge in [-0.05, 0) is 24.6 Å². The summed E-state index contributed by atoms with van der Waals surface area (Å²) in [5, 5.41) is 4.03. The van der Waals surface area contributed by atoms with Crippen molar-refractivity contribution in [1.29, 1.82) is 0 Å². The third-order valence-electron chi connectivity index (χ3n) is 4.11. The lowest BCUT2D eigenvalue weighted by Gasteiger charge is -2.18. The third kappa shape index (κ3) is 3.44. The Kier molecular flexibility index (Phi) is 5.02. The molecule has 3 aromatic rings. The monoisotopic (exact) mass is 354 g/mol. The smallest absolute Gasteiger partial charge is 0.259 e. The molecule has 0 bridgehead atoms. The number of halogens is 1. The molecule has 1 heterocycles. The number of rotatable bonds is 5. The van der Waals surface area contributed by atoms with E-state index in [0.29, 0.717) is 22.6 Å². The summed E-state index contributed by atoms with van der Waals surface area (Å²) in [4.78, 5) is 14.4. The number of aromatic nitrogens is 1. The molecule has 0 N–H and O–H groups in total. The summed E-state index contributed by atoms with van der Waals surface area (Å²) in [6, 6.07) is 14.0. The lowest BCUT2D eigenvalue weighted by molar-refractivity contribution is 0.0784. The van der Waals surface area contributed by atoms with Crippen LogP contribution in [0.5, 0.6) is 5.75 Å². The maximum Gasteiger partial charge on any atom is 0.259 e. The van der Waals surface area contributed by atoms with Gasteiger partial charge in [0.05, 0.1) is 7.11 Å². The molecule has 1 amide bonds. The number of hydrogen-bond acceptors (Lipinski definition) is 4. The SMILES string of the molecule is COc1ccc(CN(C)C(=O)c2c(-c3ccccc3)noc2C)cc1F. The van der Waals surface area contributed by atoms with Crippen LogP contribution in [-0.2, 0) is 6.54 Å². The molecule has 0 saturated heterocycles. The molecular weight excluding hydrogens is 335 g/mol. The molecule has 0 spiro atoms. The molecule has 0 aliphatic heterocycles. The highest BCUT2D eigenvalue weighted by Gasteiger charge is 2.24. The minimum atomic E-state index is -0.461. The molecule has 0 fully saturated rings. The van der Waals surface area contributed by atoms with Gasteiger partial charge in [0.1, 0.15) is 17.0 Å². The summed E-state index contributed by atoms with van der Waals surface area (Å²) >= 11 is 0. The Bertz CT molecular complexity index is 922. The van der Waals surface area contributed by atoms with Crippen molar-refractivity contribution in [2.24, 2.45) is 0 Å². The lowest BCUT2D eigenvalue weighted by Crippen LogP contribution is -2.27. The van der Waals surface area contributed by atoms with Crippen LogP contribution < -0.4 is 4.74 Å². The van der Waals surface area contributed by atoms with E-state index in [-0.39, 0.29) is 18.2 Å². The molecular formula is C20H19FN2O3. The number of amides is 1. The predicted octanol–water partition coefficient (Wildman–Crippen LogP) is 4.07. The second-order valence-electron chi connectivity index (χ2n) is 5.96. The lowest BCUT2D eigenvalue weighted by atomic mass is 10.1. The zero-order valence-electron chi connectivity index (χ0n) is 14.8. The van der Waals surface area contributed by atoms with Crippen molar-refractivity contribution in [2.45, 2.75) is 13.5 Å². The van der Waals surface area contributed by atoms with E-state index in [1.54, 1.807) is 26.1 Å². The molecule has 1 aromatic heterocycles. The van der Waals surface area contributed by atoms with Crippen molar-refractivity contribution in [1.82, 2.24) is 10.1 Å². The van der Waals surface area contributed by atoms with E-state index < -0.39 is 5.82 Å². The normalized spacial score (nSPS) is 10.6. The van der Waals surface area contributed by atoms with Crippen LogP contribution in [0.25, 0.3) is 11.3 Å². The molecule has 0 aliphatic carbocycles. The fourth-order valence-electron chi connectivity index (χ4n) is 2.76. The first kappa shape index (κ1) is 17.7. The summed E-state index contributed by atoms with van der Waals surface area (Å²) in [6.45, 7) is 1.95. The highest BCUT2D eigenvalue weighted by Crippen LogP contribution is 2.27. The van der Waals surface area contributed by atoms with Gasteiger partial charge in [-0.25, -0.2) is 4.39 Å². The molecule has 2 aromatic carbocycles. The number of ether oxygens (including phenoxy) is 1. The van der Waals surface area contributed by atoms with Gasteiger partial charge >= 0.3 is 0 Å². The molecule has 0 radical (unpaired) electrons. The minimum Gasteiger partial charge on any atom is -0.494 e. The predicted molar refractivity (Wildman–Crippen MR) is 95.4 cm³/mol. The second-order valence-corrected chi connectivity index (χ2v) is 5.96. The van der Waals surface area contributed by atoms with Gasteiger partial charge in [0.2, 0.25) is 0 Å². The summed E-state index contributed by atoms with van der Waals surface area (Å²) in [5.41, 5.74) is 2.37. The van der Waals surface area contributed by atoms with Gasteiger partial charge in [0, 0.05) is 19.2 Å². The van der Waals surface area contributed by atoms with Crippen molar-refractivity contribution < 1.29 is 18.4 Å². The van der Waals surface area contributed by atoms with E-state index in [4.69, 9.17) is 9.26 Å². The zero-order valence-corrected chi connectivity index (χ0v) is 14.8. The molecule has 0 unspecified atom stereocenters. The van der Waals surface area contributed by atoms with Gasteiger partial charge < -0.3 is 14.2 Å². The molecule has 3 rings (SSSR count). The molecule has 0 atom stereocenters. The van der Waals surface area contributed by atoms with Crippen molar-refractivity contribution in [3.8, 4) is 17.0 Å². The van der Waals surface area contributed by atoms with E-state index in [1.807, 2.05) is 30.3 Å². The van der Waals surface area contributed by atoms with Gasteiger partial charge in [-0.15, -0.1) is 0 Å². The standard InChI is InChI=1S/C20H19FN2O3/c1-13-18(19(22-26-13)15-7-5-4-6-8-15)20(24)23(2)12-14-9-10-17(25-3)16(21)11-14/h4-11H,12H2,1-3H3. The second kappa shape index (κ2) is 7.39. The van der Waals surface area contributed by atoms with Crippen LogP contribution in [0.3, 0.4) is 0 Å². The first-order valence-electron chi connectivity index (χ1n) is 8.11. The minimum absolute atomic E-state index is 0.170. The number of carbonyl (C=O) groups excluding carboxylic acids is 1. The van der Waals surface area contributed by atoms with Crippen LogP contribution in [0, 0.1) is 12.7 Å². The topological polar surface area (TPSA) is 55.6 Å². The summed E-state index contributed by atoms with van der Waals surface area (Å²) in [7, 11) is 3.07. The molecule has 6 heteroatoms. The fraction of sp³-hybridized carbons (Fsp3) is 0.200. The van der Waals surface area contributed by atoms with Gasteiger partial charge in [-0.3, -0.25) is 4.79 Å². The fourth-order valence-corrected chi connectivity index (χ4v) is 2.76. The van der Waals surface area contributed by atoms with Crippen molar-refractivity contribution in [2.75, 3.05) is 14.2 Å². The van der Waals surface area contributed by atoms with Crippen LogP contribution in [0.15, 0.2) is 53.1 Å². The molecule has 26 heavy (non-hydrogen) atoms. The highest BCUT2D eigenvalue weighted by molar-refractivity contribution is 6.00. The molecule has 134 valence electrons. The first-order chi connectivity index (χ1) is 12.5. The molecule has 0 saturated carbocycles. The Morgan fingerprint density at radius 2 is 1.96 bits per heavy atom.